The topological polar surface area (TPSA) is 84.4 Å². The summed E-state index contributed by atoms with van der Waals surface area (Å²) in [6.45, 7) is 5.85. The van der Waals surface area contributed by atoms with Crippen molar-refractivity contribution >= 4 is 17.1 Å². The number of nitrogens with zero attached hydrogens (tertiary/aromatic N) is 2. The van der Waals surface area contributed by atoms with E-state index >= 15 is 0 Å². The van der Waals surface area contributed by atoms with Gasteiger partial charge in [-0.25, -0.2) is 0 Å². The van der Waals surface area contributed by atoms with Crippen LogP contribution in [0.25, 0.3) is 0 Å². The van der Waals surface area contributed by atoms with Crippen LogP contribution in [0.2, 0.25) is 0 Å². The number of rotatable bonds is 2. The van der Waals surface area contributed by atoms with E-state index in [4.69, 9.17) is 5.73 Å². The van der Waals surface area contributed by atoms with E-state index in [1.807, 2.05) is 0 Å². The number of anilines is 2. The highest BCUT2D eigenvalue weighted by Crippen LogP contribution is 2.26. The van der Waals surface area contributed by atoms with Gasteiger partial charge in [0.1, 0.15) is 0 Å². The van der Waals surface area contributed by atoms with Gasteiger partial charge in [-0.3, -0.25) is 10.1 Å². The number of nitro groups is 1. The van der Waals surface area contributed by atoms with Crippen LogP contribution in [0.15, 0.2) is 18.2 Å². The van der Waals surface area contributed by atoms with Crippen LogP contribution < -0.4 is 16.0 Å². The summed E-state index contributed by atoms with van der Waals surface area (Å²) in [5.41, 5.74) is 7.02. The predicted molar refractivity (Wildman–Crippen MR) is 71.8 cm³/mol. The zero-order chi connectivity index (χ0) is 13.3. The lowest BCUT2D eigenvalue weighted by Gasteiger charge is -2.37. The molecule has 1 saturated heterocycles. The first kappa shape index (κ1) is 12.6. The van der Waals surface area contributed by atoms with Gasteiger partial charge in [-0.1, -0.05) is 0 Å². The minimum Gasteiger partial charge on any atom is -0.398 e. The van der Waals surface area contributed by atoms with E-state index in [-0.39, 0.29) is 5.69 Å². The molecule has 2 atom stereocenters. The molecule has 1 aromatic rings. The zero-order valence-electron chi connectivity index (χ0n) is 10.6. The quantitative estimate of drug-likeness (QED) is 0.470. The van der Waals surface area contributed by atoms with Crippen molar-refractivity contribution in [3.8, 4) is 0 Å². The summed E-state index contributed by atoms with van der Waals surface area (Å²) in [6, 6.07) is 5.47. The summed E-state index contributed by atoms with van der Waals surface area (Å²) in [4.78, 5) is 12.6. The predicted octanol–water partition coefficient (Wildman–Crippen LogP) is 1.36. The van der Waals surface area contributed by atoms with Crippen molar-refractivity contribution in [1.82, 2.24) is 5.32 Å². The monoisotopic (exact) mass is 250 g/mol. The van der Waals surface area contributed by atoms with Gasteiger partial charge in [-0.2, -0.15) is 0 Å². The van der Waals surface area contributed by atoms with Crippen molar-refractivity contribution < 1.29 is 4.92 Å². The normalized spacial score (nSPS) is 24.0. The Balaban J connectivity index is 2.29. The van der Waals surface area contributed by atoms with Crippen LogP contribution >= 0.6 is 0 Å². The summed E-state index contributed by atoms with van der Waals surface area (Å²) in [5.74, 6) is 0. The van der Waals surface area contributed by atoms with Crippen LogP contribution in [0.3, 0.4) is 0 Å². The number of piperazine rings is 1. The molecular formula is C12H18N4O2. The Morgan fingerprint density at radius 1 is 1.33 bits per heavy atom. The molecule has 0 amide bonds. The molecule has 6 nitrogen and oxygen atoms in total. The molecule has 0 unspecified atom stereocenters. The van der Waals surface area contributed by atoms with Crippen LogP contribution in [0.1, 0.15) is 13.8 Å². The third kappa shape index (κ3) is 2.70. The number of nitrogens with two attached hydrogens (primary N) is 1. The van der Waals surface area contributed by atoms with Crippen LogP contribution in [-0.2, 0) is 0 Å². The number of non-ortho nitro benzene ring substituents is 1. The molecule has 1 aromatic carbocycles. The smallest absolute Gasteiger partial charge is 0.273 e. The number of benzene rings is 1. The number of nitrogen functional groups attached to an aromatic ring is 1. The molecule has 0 bridgehead atoms. The van der Waals surface area contributed by atoms with E-state index < -0.39 is 4.92 Å². The Labute approximate surface area is 106 Å². The molecule has 0 saturated carbocycles. The maximum absolute atomic E-state index is 10.8. The summed E-state index contributed by atoms with van der Waals surface area (Å²) >= 11 is 0. The summed E-state index contributed by atoms with van der Waals surface area (Å²) < 4.78 is 0. The van der Waals surface area contributed by atoms with Crippen molar-refractivity contribution in [3.63, 3.8) is 0 Å². The number of nitro benzene ring substituents is 1. The molecule has 98 valence electrons. The summed E-state index contributed by atoms with van der Waals surface area (Å²) in [7, 11) is 0. The SMILES string of the molecule is C[C@H]1CN(c2cc(N)cc([N+](=O)[O-])c2)C[C@H](C)N1. The third-order valence-corrected chi connectivity index (χ3v) is 3.06. The maximum Gasteiger partial charge on any atom is 0.273 e. The largest absolute Gasteiger partial charge is 0.398 e. The average molecular weight is 250 g/mol. The van der Waals surface area contributed by atoms with E-state index in [9.17, 15) is 10.1 Å². The van der Waals surface area contributed by atoms with Gasteiger partial charge in [-0.05, 0) is 19.9 Å². The minimum absolute atomic E-state index is 0.0452. The number of nitrogens with one attached hydrogen (secondary N) is 1. The highest BCUT2D eigenvalue weighted by Gasteiger charge is 2.22. The molecule has 6 heteroatoms. The molecule has 1 fully saturated rings. The highest BCUT2D eigenvalue weighted by atomic mass is 16.6. The van der Waals surface area contributed by atoms with Crippen molar-refractivity contribution in [2.75, 3.05) is 23.7 Å². The molecule has 1 aliphatic heterocycles. The van der Waals surface area contributed by atoms with Gasteiger partial charge in [0.25, 0.3) is 5.69 Å². The van der Waals surface area contributed by atoms with E-state index in [1.54, 1.807) is 12.1 Å². The fraction of sp³-hybridized carbons (Fsp3) is 0.500. The fourth-order valence-electron chi connectivity index (χ4n) is 2.44. The van der Waals surface area contributed by atoms with Crippen molar-refractivity contribution in [3.05, 3.63) is 28.3 Å². The van der Waals surface area contributed by atoms with E-state index in [0.29, 0.717) is 17.8 Å². The molecule has 3 N–H and O–H groups in total. The van der Waals surface area contributed by atoms with Crippen LogP contribution in [-0.4, -0.2) is 30.1 Å². The minimum atomic E-state index is -0.408. The molecule has 2 rings (SSSR count). The third-order valence-electron chi connectivity index (χ3n) is 3.06. The highest BCUT2D eigenvalue weighted by molar-refractivity contribution is 5.63. The molecular weight excluding hydrogens is 232 g/mol. The first-order valence-electron chi connectivity index (χ1n) is 6.01. The zero-order valence-corrected chi connectivity index (χ0v) is 10.6. The van der Waals surface area contributed by atoms with E-state index in [0.717, 1.165) is 18.8 Å². The lowest BCUT2D eigenvalue weighted by molar-refractivity contribution is -0.384. The van der Waals surface area contributed by atoms with E-state index in [1.165, 1.54) is 6.07 Å². The van der Waals surface area contributed by atoms with Crippen molar-refractivity contribution in [1.29, 1.82) is 0 Å². The number of hydrogen-bond donors (Lipinski definition) is 2. The molecule has 0 radical (unpaired) electrons. The molecule has 0 aromatic heterocycles. The molecule has 0 spiro atoms. The Bertz CT molecular complexity index is 453. The molecule has 0 aliphatic carbocycles. The maximum atomic E-state index is 10.8. The second kappa shape index (κ2) is 4.81. The lowest BCUT2D eigenvalue weighted by atomic mass is 10.1. The first-order chi connectivity index (χ1) is 8.45. The van der Waals surface area contributed by atoms with Gasteiger partial charge in [0, 0.05) is 48.7 Å². The Morgan fingerprint density at radius 2 is 1.94 bits per heavy atom. The fourth-order valence-corrected chi connectivity index (χ4v) is 2.44. The number of hydrogen-bond acceptors (Lipinski definition) is 5. The van der Waals surface area contributed by atoms with Crippen LogP contribution in [0.4, 0.5) is 17.1 Å². The molecule has 1 heterocycles. The van der Waals surface area contributed by atoms with Crippen LogP contribution in [0.5, 0.6) is 0 Å². The Kier molecular flexibility index (Phi) is 3.38. The second-order valence-corrected chi connectivity index (χ2v) is 4.91. The first-order valence-corrected chi connectivity index (χ1v) is 6.01. The lowest BCUT2D eigenvalue weighted by Crippen LogP contribution is -2.54. The van der Waals surface area contributed by atoms with Gasteiger partial charge >= 0.3 is 0 Å². The van der Waals surface area contributed by atoms with Gasteiger partial charge in [-0.15, -0.1) is 0 Å². The average Bonchev–Trinajstić information content (AvgIpc) is 2.26. The van der Waals surface area contributed by atoms with Gasteiger partial charge in [0.05, 0.1) is 4.92 Å². The van der Waals surface area contributed by atoms with Gasteiger partial charge in [0.2, 0.25) is 0 Å². The van der Waals surface area contributed by atoms with Crippen molar-refractivity contribution in [2.45, 2.75) is 25.9 Å². The van der Waals surface area contributed by atoms with Crippen molar-refractivity contribution in [2.24, 2.45) is 0 Å². The molecule has 18 heavy (non-hydrogen) atoms. The van der Waals surface area contributed by atoms with E-state index in [2.05, 4.69) is 24.1 Å². The standard InChI is InChI=1S/C12H18N4O2/c1-8-6-15(7-9(2)14-8)11-3-10(13)4-12(5-11)16(17)18/h3-5,8-9,14H,6-7,13H2,1-2H3/t8-,9-/m0/s1. The van der Waals surface area contributed by atoms with Gasteiger partial charge < -0.3 is 16.0 Å². The summed E-state index contributed by atoms with van der Waals surface area (Å²) in [5, 5.41) is 14.3. The molecule has 1 aliphatic rings. The summed E-state index contributed by atoms with van der Waals surface area (Å²) in [6.07, 6.45) is 0. The second-order valence-electron chi connectivity index (χ2n) is 4.91. The van der Waals surface area contributed by atoms with Crippen LogP contribution in [0, 0.1) is 10.1 Å². The van der Waals surface area contributed by atoms with Gasteiger partial charge in [0.15, 0.2) is 0 Å². The Hall–Kier alpha value is -1.82. The Morgan fingerprint density at radius 3 is 2.50 bits per heavy atom.